The van der Waals surface area contributed by atoms with Crippen molar-refractivity contribution in [2.24, 2.45) is 12.0 Å². The van der Waals surface area contributed by atoms with Gasteiger partial charge < -0.3 is 4.57 Å². The van der Waals surface area contributed by atoms with E-state index in [2.05, 4.69) is 37.6 Å². The van der Waals surface area contributed by atoms with E-state index in [0.29, 0.717) is 0 Å². The zero-order valence-electron chi connectivity index (χ0n) is 10.1. The SMILES string of the molecule is Cn1cc(Br)c2cccc(C3(N=C=O)CCC3)c21. The Morgan fingerprint density at radius 1 is 1.44 bits per heavy atom. The Bertz CT molecular complexity index is 664. The van der Waals surface area contributed by atoms with Crippen molar-refractivity contribution in [3.63, 3.8) is 0 Å². The zero-order valence-corrected chi connectivity index (χ0v) is 11.7. The van der Waals surface area contributed by atoms with Crippen LogP contribution in [-0.2, 0) is 17.4 Å². The van der Waals surface area contributed by atoms with Gasteiger partial charge in [-0.2, -0.15) is 4.99 Å². The minimum absolute atomic E-state index is 0.340. The third-order valence-corrected chi connectivity index (χ3v) is 4.53. The number of rotatable bonds is 2. The molecule has 4 heteroatoms. The highest BCUT2D eigenvalue weighted by Crippen LogP contribution is 2.47. The number of aliphatic imine (C=N–C) groups is 1. The van der Waals surface area contributed by atoms with E-state index in [-0.39, 0.29) is 5.54 Å². The molecule has 1 heterocycles. The van der Waals surface area contributed by atoms with E-state index >= 15 is 0 Å². The Labute approximate surface area is 114 Å². The number of aryl methyl sites for hydroxylation is 1. The summed E-state index contributed by atoms with van der Waals surface area (Å²) in [6.07, 6.45) is 6.79. The van der Waals surface area contributed by atoms with E-state index in [9.17, 15) is 4.79 Å². The molecule has 1 fully saturated rings. The first-order chi connectivity index (χ1) is 8.68. The summed E-state index contributed by atoms with van der Waals surface area (Å²) < 4.78 is 3.17. The second-order valence-electron chi connectivity index (χ2n) is 4.88. The summed E-state index contributed by atoms with van der Waals surface area (Å²) in [5.41, 5.74) is 1.96. The molecular formula is C14H13BrN2O. The predicted octanol–water partition coefficient (Wildman–Crippen LogP) is 3.66. The van der Waals surface area contributed by atoms with Crippen LogP contribution in [0, 0.1) is 0 Å². The van der Waals surface area contributed by atoms with Gasteiger partial charge in [-0.15, -0.1) is 0 Å². The van der Waals surface area contributed by atoms with Crippen molar-refractivity contribution in [2.45, 2.75) is 24.8 Å². The molecule has 0 spiro atoms. The number of isocyanates is 1. The first-order valence-electron chi connectivity index (χ1n) is 6.01. The smallest absolute Gasteiger partial charge is 0.235 e. The molecule has 1 aromatic heterocycles. The summed E-state index contributed by atoms with van der Waals surface area (Å²) in [4.78, 5) is 14.8. The first-order valence-corrected chi connectivity index (χ1v) is 6.80. The maximum atomic E-state index is 10.7. The zero-order chi connectivity index (χ0) is 12.8. The van der Waals surface area contributed by atoms with Gasteiger partial charge in [0.1, 0.15) is 5.54 Å². The Kier molecular flexibility index (Phi) is 2.65. The summed E-state index contributed by atoms with van der Waals surface area (Å²) in [6.45, 7) is 0. The number of hydrogen-bond acceptors (Lipinski definition) is 2. The lowest BCUT2D eigenvalue weighted by Gasteiger charge is -2.37. The van der Waals surface area contributed by atoms with Gasteiger partial charge in [-0.1, -0.05) is 18.2 Å². The molecule has 1 aliphatic rings. The van der Waals surface area contributed by atoms with Crippen LogP contribution in [0.5, 0.6) is 0 Å². The molecule has 1 saturated carbocycles. The molecule has 0 saturated heterocycles. The Hall–Kier alpha value is -1.38. The van der Waals surface area contributed by atoms with Gasteiger partial charge in [0.25, 0.3) is 0 Å². The first kappa shape index (κ1) is 11.7. The Balaban J connectivity index is 2.32. The average molecular weight is 305 g/mol. The number of aromatic nitrogens is 1. The van der Waals surface area contributed by atoms with Crippen molar-refractivity contribution in [2.75, 3.05) is 0 Å². The van der Waals surface area contributed by atoms with Gasteiger partial charge >= 0.3 is 0 Å². The molecule has 18 heavy (non-hydrogen) atoms. The summed E-state index contributed by atoms with van der Waals surface area (Å²) in [5, 5.41) is 1.17. The van der Waals surface area contributed by atoms with Crippen LogP contribution in [0.3, 0.4) is 0 Å². The van der Waals surface area contributed by atoms with E-state index in [1.54, 1.807) is 6.08 Å². The Morgan fingerprint density at radius 2 is 2.22 bits per heavy atom. The van der Waals surface area contributed by atoms with Gasteiger partial charge in [-0.05, 0) is 35.2 Å². The number of carbonyl (C=O) groups excluding carboxylic acids is 1. The minimum Gasteiger partial charge on any atom is -0.349 e. The maximum Gasteiger partial charge on any atom is 0.235 e. The van der Waals surface area contributed by atoms with E-state index in [0.717, 1.165) is 34.8 Å². The lowest BCUT2D eigenvalue weighted by molar-refractivity contribution is 0.257. The second-order valence-corrected chi connectivity index (χ2v) is 5.73. The van der Waals surface area contributed by atoms with E-state index in [4.69, 9.17) is 0 Å². The normalized spacial score (nSPS) is 17.2. The van der Waals surface area contributed by atoms with Gasteiger partial charge in [0.05, 0.1) is 5.52 Å². The standard InChI is InChI=1S/C14H13BrN2O/c1-17-8-12(15)10-4-2-5-11(13(10)17)14(16-9-18)6-3-7-14/h2,4-5,8H,3,6-7H2,1H3. The van der Waals surface area contributed by atoms with Gasteiger partial charge in [-0.25, -0.2) is 4.79 Å². The van der Waals surface area contributed by atoms with E-state index < -0.39 is 0 Å². The van der Waals surface area contributed by atoms with E-state index in [1.165, 1.54) is 5.39 Å². The minimum atomic E-state index is -0.340. The summed E-state index contributed by atoms with van der Waals surface area (Å²) in [5.74, 6) is 0. The lowest BCUT2D eigenvalue weighted by atomic mass is 9.72. The summed E-state index contributed by atoms with van der Waals surface area (Å²) >= 11 is 3.57. The molecular weight excluding hydrogens is 292 g/mol. The van der Waals surface area contributed by atoms with Crippen LogP contribution < -0.4 is 0 Å². The quantitative estimate of drug-likeness (QED) is 0.616. The van der Waals surface area contributed by atoms with Crippen LogP contribution in [0.4, 0.5) is 0 Å². The number of para-hydroxylation sites is 1. The van der Waals surface area contributed by atoms with Crippen LogP contribution in [0.1, 0.15) is 24.8 Å². The highest BCUT2D eigenvalue weighted by atomic mass is 79.9. The van der Waals surface area contributed by atoms with Gasteiger partial charge in [-0.3, -0.25) is 0 Å². The van der Waals surface area contributed by atoms with Crippen LogP contribution in [0.2, 0.25) is 0 Å². The third kappa shape index (κ3) is 1.49. The fraction of sp³-hybridized carbons (Fsp3) is 0.357. The van der Waals surface area contributed by atoms with Crippen LogP contribution in [0.25, 0.3) is 10.9 Å². The van der Waals surface area contributed by atoms with Gasteiger partial charge in [0.2, 0.25) is 6.08 Å². The fourth-order valence-corrected chi connectivity index (χ4v) is 3.46. The largest absolute Gasteiger partial charge is 0.349 e. The molecule has 2 aromatic rings. The van der Waals surface area contributed by atoms with Crippen molar-refractivity contribution in [1.82, 2.24) is 4.57 Å². The molecule has 3 rings (SSSR count). The molecule has 0 radical (unpaired) electrons. The molecule has 0 unspecified atom stereocenters. The van der Waals surface area contributed by atoms with Crippen molar-refractivity contribution in [3.8, 4) is 0 Å². The van der Waals surface area contributed by atoms with Crippen LogP contribution in [0.15, 0.2) is 33.9 Å². The van der Waals surface area contributed by atoms with E-state index in [1.807, 2.05) is 19.3 Å². The fourth-order valence-electron chi connectivity index (χ4n) is 2.84. The third-order valence-electron chi connectivity index (χ3n) is 3.89. The lowest BCUT2D eigenvalue weighted by Crippen LogP contribution is -2.32. The summed E-state index contributed by atoms with van der Waals surface area (Å²) in [6, 6.07) is 6.19. The molecule has 0 atom stereocenters. The van der Waals surface area contributed by atoms with Gasteiger partial charge in [0.15, 0.2) is 0 Å². The van der Waals surface area contributed by atoms with Crippen molar-refractivity contribution in [3.05, 3.63) is 34.4 Å². The molecule has 0 amide bonds. The van der Waals surface area contributed by atoms with Crippen LogP contribution >= 0.6 is 15.9 Å². The number of benzene rings is 1. The number of nitrogens with zero attached hydrogens (tertiary/aromatic N) is 2. The highest BCUT2D eigenvalue weighted by molar-refractivity contribution is 9.10. The number of halogens is 1. The van der Waals surface area contributed by atoms with Crippen molar-refractivity contribution in [1.29, 1.82) is 0 Å². The van der Waals surface area contributed by atoms with Crippen molar-refractivity contribution < 1.29 is 4.79 Å². The predicted molar refractivity (Wildman–Crippen MR) is 74.3 cm³/mol. The van der Waals surface area contributed by atoms with Crippen molar-refractivity contribution >= 4 is 32.9 Å². The molecule has 0 bridgehead atoms. The average Bonchev–Trinajstić information content (AvgIpc) is 2.60. The number of hydrogen-bond donors (Lipinski definition) is 0. The molecule has 1 aliphatic carbocycles. The monoisotopic (exact) mass is 304 g/mol. The van der Waals surface area contributed by atoms with Crippen LogP contribution in [-0.4, -0.2) is 10.6 Å². The second kappa shape index (κ2) is 4.08. The number of fused-ring (bicyclic) bond motifs is 1. The molecule has 0 N–H and O–H groups in total. The maximum absolute atomic E-state index is 10.7. The topological polar surface area (TPSA) is 34.4 Å². The highest BCUT2D eigenvalue weighted by Gasteiger charge is 2.40. The molecule has 3 nitrogen and oxygen atoms in total. The summed E-state index contributed by atoms with van der Waals surface area (Å²) in [7, 11) is 2.02. The van der Waals surface area contributed by atoms with Gasteiger partial charge in [0, 0.05) is 28.7 Å². The molecule has 92 valence electrons. The molecule has 0 aliphatic heterocycles. The molecule has 1 aromatic carbocycles. The Morgan fingerprint density at radius 3 is 2.83 bits per heavy atom.